The molecule has 0 N–H and O–H groups in total. The predicted octanol–water partition coefficient (Wildman–Crippen LogP) is 0.753. The number of amides is 1. The van der Waals surface area contributed by atoms with Gasteiger partial charge in [0.1, 0.15) is 5.92 Å². The molecule has 3 rings (SSSR count). The lowest BCUT2D eigenvalue weighted by molar-refractivity contribution is -0.231. The molecule has 0 bridgehead atoms. The number of carbonyl (C=O) groups excluding carboxylic acids is 1. The maximum absolute atomic E-state index is 12.7. The standard InChI is InChI=1S/C16H21NO6S/c1-16(21-8-9-22-16)14-13(11-23-24(2,19)20)17(15(14)18)10-12-6-4-3-5-7-12/h3-7,13-14H,8-11H2,1-2H3/t13-,14-/m1/s1. The molecule has 0 aromatic heterocycles. The summed E-state index contributed by atoms with van der Waals surface area (Å²) in [4.78, 5) is 14.3. The zero-order chi connectivity index (χ0) is 17.4. The third-order valence-electron chi connectivity index (χ3n) is 4.41. The lowest BCUT2D eigenvalue weighted by Gasteiger charge is -2.51. The number of carbonyl (C=O) groups is 1. The largest absolute Gasteiger partial charge is 0.347 e. The molecule has 0 aliphatic carbocycles. The van der Waals surface area contributed by atoms with E-state index in [2.05, 4.69) is 0 Å². The van der Waals surface area contributed by atoms with Crippen LogP contribution in [-0.4, -0.2) is 57.1 Å². The SMILES string of the molecule is CC1([C@H]2C(=O)N(Cc3ccccc3)[C@@H]2COS(C)(=O)=O)OCCO1. The molecular weight excluding hydrogens is 334 g/mol. The van der Waals surface area contributed by atoms with Crippen molar-refractivity contribution in [1.82, 2.24) is 4.90 Å². The maximum atomic E-state index is 12.7. The highest BCUT2D eigenvalue weighted by molar-refractivity contribution is 7.85. The molecule has 2 saturated heterocycles. The summed E-state index contributed by atoms with van der Waals surface area (Å²) in [6.07, 6.45) is 0.994. The number of hydrogen-bond acceptors (Lipinski definition) is 6. The quantitative estimate of drug-likeness (QED) is 0.553. The van der Waals surface area contributed by atoms with E-state index < -0.39 is 27.9 Å². The van der Waals surface area contributed by atoms with Crippen LogP contribution in [0, 0.1) is 5.92 Å². The van der Waals surface area contributed by atoms with Crippen molar-refractivity contribution in [2.75, 3.05) is 26.1 Å². The van der Waals surface area contributed by atoms with Crippen LogP contribution in [0.2, 0.25) is 0 Å². The normalized spacial score (nSPS) is 26.4. The topological polar surface area (TPSA) is 82.1 Å². The number of likely N-dealkylation sites (tertiary alicyclic amines) is 1. The highest BCUT2D eigenvalue weighted by Crippen LogP contribution is 2.41. The molecule has 1 amide bonds. The lowest BCUT2D eigenvalue weighted by Crippen LogP contribution is -2.69. The molecule has 2 aliphatic rings. The van der Waals surface area contributed by atoms with Crippen LogP contribution in [0.25, 0.3) is 0 Å². The summed E-state index contributed by atoms with van der Waals surface area (Å²) in [5.41, 5.74) is 0.965. The number of ether oxygens (including phenoxy) is 2. The number of rotatable bonds is 6. The van der Waals surface area contributed by atoms with Crippen LogP contribution < -0.4 is 0 Å². The van der Waals surface area contributed by atoms with E-state index in [-0.39, 0.29) is 12.5 Å². The first-order chi connectivity index (χ1) is 11.3. The Bertz CT molecular complexity index is 699. The van der Waals surface area contributed by atoms with Gasteiger partial charge in [0, 0.05) is 6.54 Å². The van der Waals surface area contributed by atoms with Crippen molar-refractivity contribution in [2.45, 2.75) is 25.3 Å². The summed E-state index contributed by atoms with van der Waals surface area (Å²) in [5, 5.41) is 0. The highest BCUT2D eigenvalue weighted by Gasteiger charge is 2.59. The zero-order valence-corrected chi connectivity index (χ0v) is 14.5. The molecule has 2 fully saturated rings. The van der Waals surface area contributed by atoms with E-state index in [1.54, 1.807) is 11.8 Å². The zero-order valence-electron chi connectivity index (χ0n) is 13.7. The van der Waals surface area contributed by atoms with E-state index in [0.717, 1.165) is 11.8 Å². The smallest absolute Gasteiger partial charge is 0.264 e. The number of benzene rings is 1. The first kappa shape index (κ1) is 17.3. The van der Waals surface area contributed by atoms with Crippen molar-refractivity contribution >= 4 is 16.0 Å². The molecule has 0 saturated carbocycles. The number of nitrogens with zero attached hydrogens (tertiary/aromatic N) is 1. The minimum absolute atomic E-state index is 0.107. The van der Waals surface area contributed by atoms with E-state index in [1.165, 1.54) is 0 Å². The van der Waals surface area contributed by atoms with E-state index in [1.807, 2.05) is 30.3 Å². The summed E-state index contributed by atoms with van der Waals surface area (Å²) in [7, 11) is -3.60. The molecule has 0 unspecified atom stereocenters. The number of β-lactam (4-membered cyclic amide) rings is 1. The van der Waals surface area contributed by atoms with Crippen molar-refractivity contribution in [3.63, 3.8) is 0 Å². The second-order valence-corrected chi connectivity index (χ2v) is 7.84. The summed E-state index contributed by atoms with van der Waals surface area (Å²) in [5.74, 6) is -1.73. The molecule has 2 aliphatic heterocycles. The second-order valence-electron chi connectivity index (χ2n) is 6.20. The van der Waals surface area contributed by atoms with Gasteiger partial charge in [-0.05, 0) is 12.5 Å². The van der Waals surface area contributed by atoms with Crippen LogP contribution in [0.15, 0.2) is 30.3 Å². The lowest BCUT2D eigenvalue weighted by atomic mass is 9.81. The van der Waals surface area contributed by atoms with Gasteiger partial charge in [0.05, 0.1) is 32.1 Å². The Labute approximate surface area is 141 Å². The molecule has 2 heterocycles. The minimum atomic E-state index is -3.60. The Hall–Kier alpha value is -1.48. The van der Waals surface area contributed by atoms with Gasteiger partial charge >= 0.3 is 0 Å². The van der Waals surface area contributed by atoms with Crippen molar-refractivity contribution in [2.24, 2.45) is 5.92 Å². The fourth-order valence-corrected chi connectivity index (χ4v) is 3.63. The Morgan fingerprint density at radius 2 is 1.88 bits per heavy atom. The van der Waals surface area contributed by atoms with Gasteiger partial charge in [0.25, 0.3) is 10.1 Å². The molecule has 0 radical (unpaired) electrons. The molecule has 1 aromatic carbocycles. The number of hydrogen-bond donors (Lipinski definition) is 0. The summed E-state index contributed by atoms with van der Waals surface area (Å²) < 4.78 is 38.8. The van der Waals surface area contributed by atoms with Gasteiger partial charge in [-0.1, -0.05) is 30.3 Å². The maximum Gasteiger partial charge on any atom is 0.264 e. The monoisotopic (exact) mass is 355 g/mol. The molecule has 132 valence electrons. The predicted molar refractivity (Wildman–Crippen MR) is 85.4 cm³/mol. The third-order valence-corrected chi connectivity index (χ3v) is 4.97. The van der Waals surface area contributed by atoms with Crippen molar-refractivity contribution in [3.05, 3.63) is 35.9 Å². The van der Waals surface area contributed by atoms with Gasteiger partial charge in [0.15, 0.2) is 5.79 Å². The molecule has 24 heavy (non-hydrogen) atoms. The third kappa shape index (κ3) is 3.46. The van der Waals surface area contributed by atoms with E-state index in [4.69, 9.17) is 13.7 Å². The van der Waals surface area contributed by atoms with Crippen molar-refractivity contribution in [1.29, 1.82) is 0 Å². The fraction of sp³-hybridized carbons (Fsp3) is 0.562. The van der Waals surface area contributed by atoms with Gasteiger partial charge in [-0.3, -0.25) is 8.98 Å². The van der Waals surface area contributed by atoms with Crippen LogP contribution in [-0.2, 0) is 35.1 Å². The summed E-state index contributed by atoms with van der Waals surface area (Å²) >= 11 is 0. The molecular formula is C16H21NO6S. The molecule has 1 aromatic rings. The Balaban J connectivity index is 1.78. The molecule has 2 atom stereocenters. The Morgan fingerprint density at radius 3 is 2.46 bits per heavy atom. The van der Waals surface area contributed by atoms with Gasteiger partial charge in [-0.15, -0.1) is 0 Å². The van der Waals surface area contributed by atoms with Gasteiger partial charge in [-0.2, -0.15) is 8.42 Å². The first-order valence-corrected chi connectivity index (χ1v) is 9.58. The van der Waals surface area contributed by atoms with Crippen molar-refractivity contribution < 1.29 is 26.9 Å². The van der Waals surface area contributed by atoms with E-state index in [9.17, 15) is 13.2 Å². The minimum Gasteiger partial charge on any atom is -0.347 e. The second kappa shape index (κ2) is 6.44. The average molecular weight is 355 g/mol. The van der Waals surface area contributed by atoms with Crippen LogP contribution in [0.4, 0.5) is 0 Å². The van der Waals surface area contributed by atoms with Gasteiger partial charge in [0.2, 0.25) is 5.91 Å². The van der Waals surface area contributed by atoms with Crippen LogP contribution in [0.1, 0.15) is 12.5 Å². The first-order valence-electron chi connectivity index (χ1n) is 7.77. The van der Waals surface area contributed by atoms with Gasteiger partial charge in [-0.25, -0.2) is 0 Å². The molecule has 7 nitrogen and oxygen atoms in total. The summed E-state index contributed by atoms with van der Waals surface area (Å²) in [6, 6.07) is 9.09. The van der Waals surface area contributed by atoms with Gasteiger partial charge < -0.3 is 14.4 Å². The Kier molecular flexibility index (Phi) is 4.65. The van der Waals surface area contributed by atoms with Crippen molar-refractivity contribution in [3.8, 4) is 0 Å². The van der Waals surface area contributed by atoms with E-state index >= 15 is 0 Å². The average Bonchev–Trinajstić information content (AvgIpc) is 2.95. The molecule has 8 heteroatoms. The fourth-order valence-electron chi connectivity index (χ4n) is 3.24. The van der Waals surface area contributed by atoms with Crippen LogP contribution in [0.5, 0.6) is 0 Å². The molecule has 0 spiro atoms. The van der Waals surface area contributed by atoms with E-state index in [0.29, 0.717) is 19.8 Å². The van der Waals surface area contributed by atoms with Crippen LogP contribution in [0.3, 0.4) is 0 Å². The van der Waals surface area contributed by atoms with Crippen LogP contribution >= 0.6 is 0 Å². The highest BCUT2D eigenvalue weighted by atomic mass is 32.2. The summed E-state index contributed by atoms with van der Waals surface area (Å²) in [6.45, 7) is 2.83. The Morgan fingerprint density at radius 1 is 1.25 bits per heavy atom.